The second kappa shape index (κ2) is 3.98. The van der Waals surface area contributed by atoms with E-state index in [4.69, 9.17) is 20.9 Å². The zero-order chi connectivity index (χ0) is 9.84. The van der Waals surface area contributed by atoms with Crippen molar-refractivity contribution in [2.24, 2.45) is 5.73 Å². The van der Waals surface area contributed by atoms with E-state index in [0.29, 0.717) is 5.56 Å². The molecule has 1 aromatic carbocycles. The van der Waals surface area contributed by atoms with Gasteiger partial charge in [-0.05, 0) is 18.1 Å². The molecule has 1 rings (SSSR count). The number of aromatic hydroxyl groups is 1. The Morgan fingerprint density at radius 1 is 1.38 bits per heavy atom. The van der Waals surface area contributed by atoms with Gasteiger partial charge in [0.25, 0.3) is 0 Å². The molecule has 0 heterocycles. The monoisotopic (exact) mass is 179 g/mol. The lowest BCUT2D eigenvalue weighted by Crippen LogP contribution is -2.10. The molecule has 5 N–H and O–H groups in total. The van der Waals surface area contributed by atoms with Crippen molar-refractivity contribution in [1.29, 1.82) is 0 Å². The highest BCUT2D eigenvalue weighted by Gasteiger charge is 2.04. The Morgan fingerprint density at radius 3 is 2.62 bits per heavy atom. The maximum absolute atomic E-state index is 9.09. The summed E-state index contributed by atoms with van der Waals surface area (Å²) in [6, 6.07) is 6.23. The minimum Gasteiger partial charge on any atom is -0.508 e. The van der Waals surface area contributed by atoms with Crippen molar-refractivity contribution in [3.05, 3.63) is 35.8 Å². The largest absolute Gasteiger partial charge is 0.508 e. The zero-order valence-electron chi connectivity index (χ0n) is 6.88. The van der Waals surface area contributed by atoms with Crippen molar-refractivity contribution >= 4 is 12.8 Å². The van der Waals surface area contributed by atoms with E-state index in [2.05, 4.69) is 0 Å². The van der Waals surface area contributed by atoms with E-state index in [-0.39, 0.29) is 11.4 Å². The van der Waals surface area contributed by atoms with Crippen LogP contribution in [0.1, 0.15) is 5.56 Å². The van der Waals surface area contributed by atoms with Gasteiger partial charge in [0.05, 0.1) is 0 Å². The molecule has 1 aromatic rings. The standard InChI is InChI=1S/C8H10BNO3/c10-8(5-9(12)13)6-2-1-3-7(11)4-6/h1-5,11-13H,10H2/b8-5-. The summed E-state index contributed by atoms with van der Waals surface area (Å²) in [4.78, 5) is 0. The summed E-state index contributed by atoms with van der Waals surface area (Å²) in [5.74, 6) is 1.16. The summed E-state index contributed by atoms with van der Waals surface area (Å²) in [6.45, 7) is 0. The van der Waals surface area contributed by atoms with Gasteiger partial charge in [-0.2, -0.15) is 0 Å². The third kappa shape index (κ3) is 2.81. The predicted octanol–water partition coefficient (Wildman–Crippen LogP) is -0.296. The molecule has 0 saturated heterocycles. The van der Waals surface area contributed by atoms with Crippen LogP contribution in [0.5, 0.6) is 5.75 Å². The van der Waals surface area contributed by atoms with Crippen LogP contribution in [-0.2, 0) is 0 Å². The van der Waals surface area contributed by atoms with Crippen LogP contribution in [0.2, 0.25) is 0 Å². The minimum absolute atomic E-state index is 0.0845. The van der Waals surface area contributed by atoms with Crippen LogP contribution < -0.4 is 5.73 Å². The first kappa shape index (κ1) is 9.63. The average Bonchev–Trinajstić information content (AvgIpc) is 2.03. The number of phenols is 1. The van der Waals surface area contributed by atoms with E-state index < -0.39 is 7.12 Å². The molecule has 0 saturated carbocycles. The molecule has 68 valence electrons. The van der Waals surface area contributed by atoms with Gasteiger partial charge in [-0.1, -0.05) is 12.1 Å². The Labute approximate surface area is 76.1 Å². The molecule has 0 amide bonds. The molecule has 0 aliphatic rings. The Kier molecular flexibility index (Phi) is 2.95. The van der Waals surface area contributed by atoms with E-state index in [1.165, 1.54) is 12.1 Å². The van der Waals surface area contributed by atoms with Crippen molar-refractivity contribution in [2.75, 3.05) is 0 Å². The third-order valence-electron chi connectivity index (χ3n) is 1.51. The van der Waals surface area contributed by atoms with Gasteiger partial charge < -0.3 is 20.9 Å². The number of rotatable bonds is 2. The Hall–Kier alpha value is -1.46. The number of benzene rings is 1. The molecule has 0 aromatic heterocycles. The maximum atomic E-state index is 9.09. The van der Waals surface area contributed by atoms with Crippen LogP contribution in [0.15, 0.2) is 30.2 Å². The number of hydrogen-bond acceptors (Lipinski definition) is 4. The number of nitrogens with two attached hydrogens (primary N) is 1. The molecule has 0 aliphatic heterocycles. The first-order valence-electron chi connectivity index (χ1n) is 3.72. The molecule has 0 radical (unpaired) electrons. The lowest BCUT2D eigenvalue weighted by molar-refractivity contribution is 0.424. The lowest BCUT2D eigenvalue weighted by atomic mass is 9.89. The number of hydrogen-bond donors (Lipinski definition) is 4. The molecule has 5 heteroatoms. The van der Waals surface area contributed by atoms with Crippen LogP contribution in [0, 0.1) is 0 Å². The smallest absolute Gasteiger partial charge is 0.482 e. The predicted molar refractivity (Wildman–Crippen MR) is 50.5 cm³/mol. The van der Waals surface area contributed by atoms with E-state index in [9.17, 15) is 0 Å². The Balaban J connectivity index is 2.95. The molecule has 0 unspecified atom stereocenters. The molecule has 0 atom stereocenters. The van der Waals surface area contributed by atoms with Crippen LogP contribution in [0.4, 0.5) is 0 Å². The zero-order valence-corrected chi connectivity index (χ0v) is 6.88. The van der Waals surface area contributed by atoms with E-state index in [1.54, 1.807) is 12.1 Å². The van der Waals surface area contributed by atoms with Crippen molar-refractivity contribution in [1.82, 2.24) is 0 Å². The summed E-state index contributed by atoms with van der Waals surface area (Å²) < 4.78 is 0. The highest BCUT2D eigenvalue weighted by atomic mass is 16.4. The van der Waals surface area contributed by atoms with Crippen LogP contribution in [0.3, 0.4) is 0 Å². The molecule has 13 heavy (non-hydrogen) atoms. The van der Waals surface area contributed by atoms with Crippen LogP contribution >= 0.6 is 0 Å². The van der Waals surface area contributed by atoms with Crippen molar-refractivity contribution in [3.63, 3.8) is 0 Å². The first-order valence-corrected chi connectivity index (χ1v) is 3.72. The highest BCUT2D eigenvalue weighted by molar-refractivity contribution is 6.49. The summed E-state index contributed by atoms with van der Waals surface area (Å²) in [5.41, 5.74) is 6.26. The summed E-state index contributed by atoms with van der Waals surface area (Å²) >= 11 is 0. The summed E-state index contributed by atoms with van der Waals surface area (Å²) in [5, 5.41) is 26.3. The average molecular weight is 179 g/mol. The fourth-order valence-electron chi connectivity index (χ4n) is 0.942. The van der Waals surface area contributed by atoms with Crippen LogP contribution in [0.25, 0.3) is 5.70 Å². The van der Waals surface area contributed by atoms with Gasteiger partial charge in [0, 0.05) is 11.3 Å². The molecule has 4 nitrogen and oxygen atoms in total. The van der Waals surface area contributed by atoms with Gasteiger partial charge >= 0.3 is 7.12 Å². The highest BCUT2D eigenvalue weighted by Crippen LogP contribution is 2.15. The van der Waals surface area contributed by atoms with Crippen molar-refractivity contribution < 1.29 is 15.2 Å². The van der Waals surface area contributed by atoms with Crippen LogP contribution in [-0.4, -0.2) is 22.3 Å². The maximum Gasteiger partial charge on any atom is 0.482 e. The third-order valence-corrected chi connectivity index (χ3v) is 1.51. The molecule has 0 bridgehead atoms. The minimum atomic E-state index is -1.58. The fourth-order valence-corrected chi connectivity index (χ4v) is 0.942. The van der Waals surface area contributed by atoms with E-state index >= 15 is 0 Å². The fraction of sp³-hybridized carbons (Fsp3) is 0. The first-order chi connectivity index (χ1) is 6.09. The van der Waals surface area contributed by atoms with Crippen molar-refractivity contribution in [3.8, 4) is 5.75 Å². The molecule has 0 fully saturated rings. The van der Waals surface area contributed by atoms with Gasteiger partial charge in [0.2, 0.25) is 0 Å². The van der Waals surface area contributed by atoms with Gasteiger partial charge in [0.15, 0.2) is 0 Å². The van der Waals surface area contributed by atoms with E-state index in [1.807, 2.05) is 0 Å². The SMILES string of the molecule is N/C(=C\B(O)O)c1cccc(O)c1. The van der Waals surface area contributed by atoms with Gasteiger partial charge in [-0.3, -0.25) is 0 Å². The lowest BCUT2D eigenvalue weighted by Gasteiger charge is -2.01. The quantitative estimate of drug-likeness (QED) is 0.469. The second-order valence-electron chi connectivity index (χ2n) is 2.59. The van der Waals surface area contributed by atoms with Gasteiger partial charge in [-0.15, -0.1) is 0 Å². The number of phenolic OH excluding ortho intramolecular Hbond substituents is 1. The van der Waals surface area contributed by atoms with Gasteiger partial charge in [-0.25, -0.2) is 0 Å². The van der Waals surface area contributed by atoms with Crippen molar-refractivity contribution in [2.45, 2.75) is 0 Å². The molecule has 0 aliphatic carbocycles. The van der Waals surface area contributed by atoms with E-state index in [0.717, 1.165) is 5.98 Å². The molecular formula is C8H10BNO3. The topological polar surface area (TPSA) is 86.7 Å². The van der Waals surface area contributed by atoms with Gasteiger partial charge in [0.1, 0.15) is 5.75 Å². The Morgan fingerprint density at radius 2 is 2.08 bits per heavy atom. The summed E-state index contributed by atoms with van der Waals surface area (Å²) in [6.07, 6.45) is 0. The second-order valence-corrected chi connectivity index (χ2v) is 2.59. The summed E-state index contributed by atoms with van der Waals surface area (Å²) in [7, 11) is -1.58. The molecular weight excluding hydrogens is 169 g/mol. The normalized spacial score (nSPS) is 11.4. The molecule has 0 spiro atoms. The Bertz CT molecular complexity index is 325.